The van der Waals surface area contributed by atoms with Crippen LogP contribution >= 0.6 is 11.8 Å². The lowest BCUT2D eigenvalue weighted by Crippen LogP contribution is -2.24. The molecule has 3 heterocycles. The average molecular weight is 477 g/mol. The van der Waals surface area contributed by atoms with Gasteiger partial charge in [0.1, 0.15) is 0 Å². The molecule has 0 N–H and O–H groups in total. The van der Waals surface area contributed by atoms with E-state index in [1.54, 1.807) is 4.57 Å². The number of para-hydroxylation sites is 1. The predicted octanol–water partition coefficient (Wildman–Crippen LogP) is 3.74. The molecule has 10 heteroatoms. The standard InChI is InChI=1S/C24H24N6O3S/c1-2-32-14-8-13-29-22(31)18-11-6-7-12-19(18)30-23(29)27-28-24(30)34-16-21-26-25-20(33-21)15-17-9-4-3-5-10-17/h3-7,9-12H,2,8,13-16H2,1H3. The summed E-state index contributed by atoms with van der Waals surface area (Å²) >= 11 is 1.44. The Labute approximate surface area is 199 Å². The number of aryl methyl sites for hydroxylation is 1. The molecule has 0 aliphatic rings. The van der Waals surface area contributed by atoms with E-state index in [1.165, 1.54) is 11.8 Å². The first-order valence-electron chi connectivity index (χ1n) is 11.2. The van der Waals surface area contributed by atoms with Crippen LogP contribution in [0.25, 0.3) is 16.7 Å². The van der Waals surface area contributed by atoms with Gasteiger partial charge in [-0.3, -0.25) is 13.8 Å². The van der Waals surface area contributed by atoms with Crippen LogP contribution < -0.4 is 5.56 Å². The van der Waals surface area contributed by atoms with Crippen LogP contribution in [0.15, 0.2) is 69.0 Å². The second-order valence-electron chi connectivity index (χ2n) is 7.68. The molecule has 174 valence electrons. The van der Waals surface area contributed by atoms with Crippen molar-refractivity contribution < 1.29 is 9.15 Å². The number of rotatable bonds is 10. The van der Waals surface area contributed by atoms with Crippen LogP contribution in [-0.2, 0) is 23.5 Å². The lowest BCUT2D eigenvalue weighted by atomic mass is 10.2. The topological polar surface area (TPSA) is 100 Å². The highest BCUT2D eigenvalue weighted by Gasteiger charge is 2.17. The molecule has 3 aromatic heterocycles. The Balaban J connectivity index is 1.41. The Morgan fingerprint density at radius 2 is 1.76 bits per heavy atom. The molecule has 0 spiro atoms. The average Bonchev–Trinajstić information content (AvgIpc) is 3.50. The van der Waals surface area contributed by atoms with Gasteiger partial charge in [-0.25, -0.2) is 0 Å². The van der Waals surface area contributed by atoms with Crippen molar-refractivity contribution in [1.29, 1.82) is 0 Å². The van der Waals surface area contributed by atoms with Crippen LogP contribution in [0.1, 0.15) is 30.7 Å². The van der Waals surface area contributed by atoms with Crippen LogP contribution in [-0.4, -0.2) is 42.6 Å². The normalized spacial score (nSPS) is 11.6. The first-order valence-corrected chi connectivity index (χ1v) is 12.2. The van der Waals surface area contributed by atoms with E-state index in [1.807, 2.05) is 65.9 Å². The van der Waals surface area contributed by atoms with Crippen molar-refractivity contribution in [2.24, 2.45) is 0 Å². The highest BCUT2D eigenvalue weighted by molar-refractivity contribution is 7.98. The van der Waals surface area contributed by atoms with Gasteiger partial charge in [0, 0.05) is 19.8 Å². The van der Waals surface area contributed by atoms with E-state index in [4.69, 9.17) is 9.15 Å². The van der Waals surface area contributed by atoms with Gasteiger partial charge in [0.15, 0.2) is 5.16 Å². The van der Waals surface area contributed by atoms with Crippen molar-refractivity contribution in [1.82, 2.24) is 29.4 Å². The Bertz CT molecular complexity index is 1460. The van der Waals surface area contributed by atoms with E-state index in [2.05, 4.69) is 20.4 Å². The fraction of sp³-hybridized carbons (Fsp3) is 0.292. The molecule has 0 radical (unpaired) electrons. The van der Waals surface area contributed by atoms with Crippen LogP contribution in [0.5, 0.6) is 0 Å². The van der Waals surface area contributed by atoms with Crippen molar-refractivity contribution in [2.45, 2.75) is 37.2 Å². The lowest BCUT2D eigenvalue weighted by Gasteiger charge is -2.11. The molecular weight excluding hydrogens is 452 g/mol. The minimum Gasteiger partial charge on any atom is -0.424 e. The van der Waals surface area contributed by atoms with E-state index in [9.17, 15) is 4.79 Å². The second-order valence-corrected chi connectivity index (χ2v) is 8.63. The van der Waals surface area contributed by atoms with Gasteiger partial charge in [-0.15, -0.1) is 20.4 Å². The molecule has 0 unspecified atom stereocenters. The lowest BCUT2D eigenvalue weighted by molar-refractivity contribution is 0.141. The van der Waals surface area contributed by atoms with Crippen LogP contribution in [0.2, 0.25) is 0 Å². The number of benzene rings is 2. The molecular formula is C24H24N6O3S. The molecule has 0 saturated heterocycles. The summed E-state index contributed by atoms with van der Waals surface area (Å²) in [7, 11) is 0. The highest BCUT2D eigenvalue weighted by Crippen LogP contribution is 2.24. The number of nitrogens with zero attached hydrogens (tertiary/aromatic N) is 6. The maximum Gasteiger partial charge on any atom is 0.262 e. The summed E-state index contributed by atoms with van der Waals surface area (Å²) in [6.07, 6.45) is 1.30. The molecule has 5 rings (SSSR count). The Morgan fingerprint density at radius 3 is 2.62 bits per heavy atom. The molecule has 0 bridgehead atoms. The van der Waals surface area contributed by atoms with Gasteiger partial charge in [0.05, 0.1) is 23.1 Å². The van der Waals surface area contributed by atoms with Crippen molar-refractivity contribution in [2.75, 3.05) is 13.2 Å². The van der Waals surface area contributed by atoms with Crippen molar-refractivity contribution in [3.05, 3.63) is 82.3 Å². The SMILES string of the molecule is CCOCCCn1c(=O)c2ccccc2n2c(SCc3nnc(Cc4ccccc4)o3)nnc12. The van der Waals surface area contributed by atoms with Crippen LogP contribution in [0, 0.1) is 0 Å². The number of aromatic nitrogens is 6. The zero-order valence-corrected chi connectivity index (χ0v) is 19.6. The fourth-order valence-corrected chi connectivity index (χ4v) is 4.59. The van der Waals surface area contributed by atoms with Gasteiger partial charge >= 0.3 is 0 Å². The van der Waals surface area contributed by atoms with Crippen molar-refractivity contribution >= 4 is 28.4 Å². The number of hydrogen-bond donors (Lipinski definition) is 0. The monoisotopic (exact) mass is 476 g/mol. The van der Waals surface area contributed by atoms with Crippen molar-refractivity contribution in [3.8, 4) is 0 Å². The van der Waals surface area contributed by atoms with E-state index < -0.39 is 0 Å². The van der Waals surface area contributed by atoms with Gasteiger partial charge in [0.2, 0.25) is 17.6 Å². The van der Waals surface area contributed by atoms with Gasteiger partial charge in [-0.2, -0.15) is 0 Å². The maximum atomic E-state index is 13.1. The van der Waals surface area contributed by atoms with E-state index >= 15 is 0 Å². The molecule has 0 aliphatic heterocycles. The third-order valence-electron chi connectivity index (χ3n) is 5.38. The summed E-state index contributed by atoms with van der Waals surface area (Å²) in [5, 5.41) is 18.4. The third kappa shape index (κ3) is 4.59. The molecule has 9 nitrogen and oxygen atoms in total. The summed E-state index contributed by atoms with van der Waals surface area (Å²) < 4.78 is 14.9. The van der Waals surface area contributed by atoms with Crippen LogP contribution in [0.3, 0.4) is 0 Å². The largest absolute Gasteiger partial charge is 0.424 e. The highest BCUT2D eigenvalue weighted by atomic mass is 32.2. The number of fused-ring (bicyclic) bond motifs is 3. The summed E-state index contributed by atoms with van der Waals surface area (Å²) in [6.45, 7) is 3.69. The minimum absolute atomic E-state index is 0.0778. The zero-order chi connectivity index (χ0) is 23.3. The smallest absolute Gasteiger partial charge is 0.262 e. The van der Waals surface area contributed by atoms with E-state index in [0.29, 0.717) is 66.5 Å². The molecule has 5 aromatic rings. The van der Waals surface area contributed by atoms with Gasteiger partial charge in [0.25, 0.3) is 5.56 Å². The summed E-state index contributed by atoms with van der Waals surface area (Å²) in [5.74, 6) is 2.04. The van der Waals surface area contributed by atoms with Crippen molar-refractivity contribution in [3.63, 3.8) is 0 Å². The second kappa shape index (κ2) is 10.2. The summed E-state index contributed by atoms with van der Waals surface area (Å²) in [6, 6.07) is 17.5. The van der Waals surface area contributed by atoms with E-state index in [0.717, 1.165) is 11.1 Å². The molecule has 34 heavy (non-hydrogen) atoms. The third-order valence-corrected chi connectivity index (χ3v) is 6.30. The molecule has 0 amide bonds. The summed E-state index contributed by atoms with van der Waals surface area (Å²) in [5.41, 5.74) is 1.81. The van der Waals surface area contributed by atoms with Crippen LogP contribution in [0.4, 0.5) is 0 Å². The first kappa shape index (κ1) is 22.3. The molecule has 0 saturated carbocycles. The van der Waals surface area contributed by atoms with E-state index in [-0.39, 0.29) is 5.56 Å². The number of ether oxygens (including phenoxy) is 1. The van der Waals surface area contributed by atoms with Gasteiger partial charge in [-0.05, 0) is 31.0 Å². The maximum absolute atomic E-state index is 13.1. The fourth-order valence-electron chi connectivity index (χ4n) is 3.81. The Kier molecular flexibility index (Phi) is 6.68. The Morgan fingerprint density at radius 1 is 0.971 bits per heavy atom. The van der Waals surface area contributed by atoms with Gasteiger partial charge < -0.3 is 9.15 Å². The number of thioether (sulfide) groups is 1. The Hall–Kier alpha value is -3.50. The zero-order valence-electron chi connectivity index (χ0n) is 18.8. The minimum atomic E-state index is -0.0778. The first-order chi connectivity index (χ1) is 16.7. The molecule has 0 fully saturated rings. The molecule has 2 aromatic carbocycles. The quantitative estimate of drug-likeness (QED) is 0.222. The molecule has 0 atom stereocenters. The predicted molar refractivity (Wildman–Crippen MR) is 129 cm³/mol. The van der Waals surface area contributed by atoms with Gasteiger partial charge in [-0.1, -0.05) is 54.2 Å². The summed E-state index contributed by atoms with van der Waals surface area (Å²) in [4.78, 5) is 13.1. The molecule has 0 aliphatic carbocycles. The number of hydrogen-bond acceptors (Lipinski definition) is 8.